The minimum absolute atomic E-state index is 0.0865. The number of halogens is 2. The molecule has 0 aromatic heterocycles. The summed E-state index contributed by atoms with van der Waals surface area (Å²) in [7, 11) is 0. The second kappa shape index (κ2) is 6.10. The Bertz CT molecular complexity index is 325. The van der Waals surface area contributed by atoms with E-state index in [-0.39, 0.29) is 5.56 Å². The van der Waals surface area contributed by atoms with Gasteiger partial charge in [0.05, 0.1) is 0 Å². The molecule has 0 saturated carbocycles. The molecular formula is C14H21F2N. The van der Waals surface area contributed by atoms with Crippen LogP contribution >= 0.6 is 0 Å². The van der Waals surface area contributed by atoms with Crippen molar-refractivity contribution in [1.82, 2.24) is 5.32 Å². The molecular weight excluding hydrogens is 220 g/mol. The van der Waals surface area contributed by atoms with Crippen LogP contribution in [0.25, 0.3) is 0 Å². The van der Waals surface area contributed by atoms with E-state index in [1.807, 2.05) is 0 Å². The molecule has 0 atom stereocenters. The minimum atomic E-state index is -2.38. The molecule has 1 rings (SSSR count). The lowest BCUT2D eigenvalue weighted by Gasteiger charge is -2.18. The van der Waals surface area contributed by atoms with Crippen LogP contribution in [0.15, 0.2) is 24.3 Å². The van der Waals surface area contributed by atoms with E-state index in [1.165, 1.54) is 12.1 Å². The molecule has 96 valence electrons. The first-order chi connectivity index (χ1) is 7.88. The fourth-order valence-corrected chi connectivity index (χ4v) is 1.48. The summed E-state index contributed by atoms with van der Waals surface area (Å²) in [6.45, 7) is 8.28. The minimum Gasteiger partial charge on any atom is -0.313 e. The summed E-state index contributed by atoms with van der Waals surface area (Å²) >= 11 is 0. The van der Waals surface area contributed by atoms with Crippen molar-refractivity contribution in [2.75, 3.05) is 6.54 Å². The van der Waals surface area contributed by atoms with Gasteiger partial charge >= 0.3 is 0 Å². The number of alkyl halides is 2. The zero-order valence-corrected chi connectivity index (χ0v) is 10.8. The topological polar surface area (TPSA) is 12.0 Å². The van der Waals surface area contributed by atoms with Crippen molar-refractivity contribution in [1.29, 1.82) is 0 Å². The number of rotatable bonds is 5. The fraction of sp³-hybridized carbons (Fsp3) is 0.571. The third-order valence-corrected chi connectivity index (χ3v) is 2.61. The Morgan fingerprint density at radius 2 is 1.71 bits per heavy atom. The van der Waals surface area contributed by atoms with E-state index in [1.54, 1.807) is 12.1 Å². The number of nitrogens with one attached hydrogen (secondary N) is 1. The Morgan fingerprint density at radius 1 is 1.12 bits per heavy atom. The van der Waals surface area contributed by atoms with Gasteiger partial charge in [-0.25, -0.2) is 8.78 Å². The molecule has 0 fully saturated rings. The predicted octanol–water partition coefficient (Wildman–Crippen LogP) is 4.15. The van der Waals surface area contributed by atoms with Crippen molar-refractivity contribution in [3.63, 3.8) is 0 Å². The monoisotopic (exact) mass is 241 g/mol. The highest BCUT2D eigenvalue weighted by atomic mass is 19.3. The third kappa shape index (κ3) is 5.78. The van der Waals surface area contributed by atoms with Gasteiger partial charge in [0, 0.05) is 12.1 Å². The van der Waals surface area contributed by atoms with Crippen LogP contribution in [0.4, 0.5) is 8.78 Å². The van der Waals surface area contributed by atoms with Gasteiger partial charge in [0.15, 0.2) is 0 Å². The molecule has 0 aliphatic carbocycles. The highest BCUT2D eigenvalue weighted by Crippen LogP contribution is 2.19. The van der Waals surface area contributed by atoms with Gasteiger partial charge in [-0.05, 0) is 23.9 Å². The Hall–Kier alpha value is -0.960. The molecule has 0 unspecified atom stereocenters. The summed E-state index contributed by atoms with van der Waals surface area (Å²) in [6, 6.07) is 6.49. The number of hydrogen-bond donors (Lipinski definition) is 1. The first-order valence-corrected chi connectivity index (χ1v) is 5.96. The van der Waals surface area contributed by atoms with Gasteiger partial charge in [-0.3, -0.25) is 0 Å². The van der Waals surface area contributed by atoms with Crippen molar-refractivity contribution in [2.45, 2.75) is 40.2 Å². The molecule has 0 heterocycles. The second-order valence-corrected chi connectivity index (χ2v) is 5.53. The quantitative estimate of drug-likeness (QED) is 0.764. The maximum Gasteiger partial charge on any atom is 0.263 e. The van der Waals surface area contributed by atoms with E-state index in [9.17, 15) is 8.78 Å². The Morgan fingerprint density at radius 3 is 2.18 bits per heavy atom. The van der Waals surface area contributed by atoms with E-state index in [2.05, 4.69) is 26.1 Å². The molecule has 1 aromatic rings. The molecule has 1 nitrogen and oxygen atoms in total. The molecule has 17 heavy (non-hydrogen) atoms. The molecule has 0 amide bonds. The van der Waals surface area contributed by atoms with Gasteiger partial charge in [-0.1, -0.05) is 45.0 Å². The van der Waals surface area contributed by atoms with E-state index in [0.717, 1.165) is 25.1 Å². The van der Waals surface area contributed by atoms with Crippen LogP contribution in [0.5, 0.6) is 0 Å². The number of hydrogen-bond acceptors (Lipinski definition) is 1. The molecule has 3 heteroatoms. The lowest BCUT2D eigenvalue weighted by atomic mass is 9.92. The lowest BCUT2D eigenvalue weighted by molar-refractivity contribution is 0.151. The fourth-order valence-electron chi connectivity index (χ4n) is 1.48. The van der Waals surface area contributed by atoms with Crippen LogP contribution in [0.1, 0.15) is 44.7 Å². The third-order valence-electron chi connectivity index (χ3n) is 2.61. The van der Waals surface area contributed by atoms with Gasteiger partial charge < -0.3 is 5.32 Å². The van der Waals surface area contributed by atoms with Gasteiger partial charge in [0.2, 0.25) is 0 Å². The average molecular weight is 241 g/mol. The molecule has 1 N–H and O–H groups in total. The normalized spacial score (nSPS) is 12.1. The first-order valence-electron chi connectivity index (χ1n) is 5.96. The zero-order valence-electron chi connectivity index (χ0n) is 10.8. The molecule has 0 aliphatic heterocycles. The summed E-state index contributed by atoms with van der Waals surface area (Å²) in [6.07, 6.45) is -1.28. The molecule has 0 saturated heterocycles. The molecule has 1 aromatic carbocycles. The van der Waals surface area contributed by atoms with Crippen LogP contribution in [-0.2, 0) is 6.54 Å². The predicted molar refractivity (Wildman–Crippen MR) is 67.2 cm³/mol. The summed E-state index contributed by atoms with van der Waals surface area (Å²) in [5, 5.41) is 3.32. The maximum atomic E-state index is 12.3. The van der Waals surface area contributed by atoms with Crippen molar-refractivity contribution in [2.24, 2.45) is 5.41 Å². The summed E-state index contributed by atoms with van der Waals surface area (Å²) in [4.78, 5) is 0. The van der Waals surface area contributed by atoms with Crippen LogP contribution < -0.4 is 5.32 Å². The van der Waals surface area contributed by atoms with Gasteiger partial charge in [-0.15, -0.1) is 0 Å². The zero-order chi connectivity index (χ0) is 12.9. The lowest BCUT2D eigenvalue weighted by Crippen LogP contribution is -2.20. The molecule has 0 bridgehead atoms. The first kappa shape index (κ1) is 14.1. The maximum absolute atomic E-state index is 12.3. The van der Waals surface area contributed by atoms with Crippen molar-refractivity contribution in [3.8, 4) is 0 Å². The van der Waals surface area contributed by atoms with Crippen molar-refractivity contribution in [3.05, 3.63) is 35.4 Å². The standard InChI is InChI=1S/C14H21F2N/c1-14(2,3)8-9-17-10-11-4-6-12(7-5-11)13(15)16/h4-7,13,17H,8-10H2,1-3H3. The van der Waals surface area contributed by atoms with E-state index in [4.69, 9.17) is 0 Å². The Labute approximate surface area is 102 Å². The van der Waals surface area contributed by atoms with E-state index >= 15 is 0 Å². The average Bonchev–Trinajstić information content (AvgIpc) is 2.24. The summed E-state index contributed by atoms with van der Waals surface area (Å²) in [5.74, 6) is 0. The highest BCUT2D eigenvalue weighted by Gasteiger charge is 2.09. The summed E-state index contributed by atoms with van der Waals surface area (Å²) in [5.41, 5.74) is 1.46. The molecule has 0 spiro atoms. The van der Waals surface area contributed by atoms with Crippen molar-refractivity contribution < 1.29 is 8.78 Å². The van der Waals surface area contributed by atoms with Crippen LogP contribution in [0, 0.1) is 5.41 Å². The van der Waals surface area contributed by atoms with Crippen LogP contribution in [-0.4, -0.2) is 6.54 Å². The smallest absolute Gasteiger partial charge is 0.263 e. The van der Waals surface area contributed by atoms with Crippen LogP contribution in [0.2, 0.25) is 0 Å². The largest absolute Gasteiger partial charge is 0.313 e. The Balaban J connectivity index is 2.33. The number of benzene rings is 1. The van der Waals surface area contributed by atoms with E-state index < -0.39 is 6.43 Å². The summed E-state index contributed by atoms with van der Waals surface area (Å²) < 4.78 is 24.6. The van der Waals surface area contributed by atoms with Gasteiger partial charge in [-0.2, -0.15) is 0 Å². The van der Waals surface area contributed by atoms with E-state index in [0.29, 0.717) is 5.41 Å². The van der Waals surface area contributed by atoms with Crippen molar-refractivity contribution >= 4 is 0 Å². The second-order valence-electron chi connectivity index (χ2n) is 5.53. The molecule has 0 aliphatic rings. The van der Waals surface area contributed by atoms with Gasteiger partial charge in [0.25, 0.3) is 6.43 Å². The highest BCUT2D eigenvalue weighted by molar-refractivity contribution is 5.23. The SMILES string of the molecule is CC(C)(C)CCNCc1ccc(C(F)F)cc1. The molecule has 0 radical (unpaired) electrons. The van der Waals surface area contributed by atoms with Gasteiger partial charge in [0.1, 0.15) is 0 Å². The van der Waals surface area contributed by atoms with Crippen LogP contribution in [0.3, 0.4) is 0 Å². The Kier molecular flexibility index (Phi) is 5.06.